The van der Waals surface area contributed by atoms with Crippen molar-refractivity contribution in [2.24, 2.45) is 0 Å². The maximum atomic E-state index is 10.8. The van der Waals surface area contributed by atoms with Crippen molar-refractivity contribution in [1.82, 2.24) is 0 Å². The van der Waals surface area contributed by atoms with Gasteiger partial charge in [0.1, 0.15) is 12.4 Å². The number of hydrogen-bond acceptors (Lipinski definition) is 2. The van der Waals surface area contributed by atoms with Crippen LogP contribution in [-0.4, -0.2) is 12.9 Å². The van der Waals surface area contributed by atoms with E-state index in [9.17, 15) is 4.79 Å². The SMILES string of the molecule is O=Cc1ccccc1OC/C=C/c1ccc(Br)cc1. The highest BCUT2D eigenvalue weighted by Crippen LogP contribution is 2.16. The molecule has 0 fully saturated rings. The van der Waals surface area contributed by atoms with E-state index in [1.807, 2.05) is 48.6 Å². The predicted molar refractivity (Wildman–Crippen MR) is 80.5 cm³/mol. The summed E-state index contributed by atoms with van der Waals surface area (Å²) < 4.78 is 6.60. The Kier molecular flexibility index (Phi) is 4.93. The Morgan fingerprint density at radius 2 is 1.79 bits per heavy atom. The minimum absolute atomic E-state index is 0.431. The van der Waals surface area contributed by atoms with E-state index in [0.717, 1.165) is 16.3 Å². The van der Waals surface area contributed by atoms with Crippen molar-refractivity contribution < 1.29 is 9.53 Å². The van der Waals surface area contributed by atoms with Gasteiger partial charge in [-0.3, -0.25) is 4.79 Å². The molecule has 0 bridgehead atoms. The molecule has 0 saturated carbocycles. The van der Waals surface area contributed by atoms with E-state index in [4.69, 9.17) is 4.74 Å². The van der Waals surface area contributed by atoms with Crippen molar-refractivity contribution in [3.05, 3.63) is 70.2 Å². The highest BCUT2D eigenvalue weighted by Gasteiger charge is 1.99. The fourth-order valence-corrected chi connectivity index (χ4v) is 1.87. The van der Waals surface area contributed by atoms with Crippen LogP contribution in [0, 0.1) is 0 Å². The first kappa shape index (κ1) is 13.6. The molecule has 0 aliphatic heterocycles. The average Bonchev–Trinajstić information content (AvgIpc) is 2.46. The van der Waals surface area contributed by atoms with Crippen molar-refractivity contribution in [2.45, 2.75) is 0 Å². The fourth-order valence-electron chi connectivity index (χ4n) is 1.61. The fraction of sp³-hybridized carbons (Fsp3) is 0.0625. The van der Waals surface area contributed by atoms with Crippen LogP contribution in [0.3, 0.4) is 0 Å². The summed E-state index contributed by atoms with van der Waals surface area (Å²) in [5.74, 6) is 0.609. The van der Waals surface area contributed by atoms with Gasteiger partial charge in [-0.15, -0.1) is 0 Å². The number of aldehydes is 1. The van der Waals surface area contributed by atoms with Gasteiger partial charge in [0.2, 0.25) is 0 Å². The van der Waals surface area contributed by atoms with Crippen LogP contribution in [0.15, 0.2) is 59.1 Å². The van der Waals surface area contributed by atoms with Crippen molar-refractivity contribution >= 4 is 28.3 Å². The molecule has 0 N–H and O–H groups in total. The molecule has 0 radical (unpaired) electrons. The normalized spacial score (nSPS) is 10.6. The quantitative estimate of drug-likeness (QED) is 0.766. The Bertz CT molecular complexity index is 574. The Morgan fingerprint density at radius 1 is 1.05 bits per heavy atom. The lowest BCUT2D eigenvalue weighted by atomic mass is 10.2. The third-order valence-electron chi connectivity index (χ3n) is 2.56. The Balaban J connectivity index is 1.93. The standard InChI is InChI=1S/C16H13BrO2/c17-15-9-7-13(8-10-15)4-3-11-19-16-6-2-1-5-14(16)12-18/h1-10,12H,11H2/b4-3+. The first-order valence-corrected chi connectivity index (χ1v) is 6.68. The molecule has 0 spiro atoms. The van der Waals surface area contributed by atoms with Crippen LogP contribution in [-0.2, 0) is 0 Å². The van der Waals surface area contributed by atoms with Gasteiger partial charge in [-0.25, -0.2) is 0 Å². The van der Waals surface area contributed by atoms with Gasteiger partial charge in [0.05, 0.1) is 5.56 Å². The van der Waals surface area contributed by atoms with E-state index in [0.29, 0.717) is 17.9 Å². The third kappa shape index (κ3) is 4.07. The lowest BCUT2D eigenvalue weighted by Gasteiger charge is -2.05. The maximum absolute atomic E-state index is 10.8. The van der Waals surface area contributed by atoms with Gasteiger partial charge in [-0.05, 0) is 35.9 Å². The number of ether oxygens (including phenoxy) is 1. The minimum Gasteiger partial charge on any atom is -0.489 e. The first-order chi connectivity index (χ1) is 9.29. The number of rotatable bonds is 5. The molecule has 2 aromatic rings. The summed E-state index contributed by atoms with van der Waals surface area (Å²) in [6, 6.07) is 15.2. The summed E-state index contributed by atoms with van der Waals surface area (Å²) in [7, 11) is 0. The van der Waals surface area contributed by atoms with E-state index in [1.165, 1.54) is 0 Å². The molecular formula is C16H13BrO2. The highest BCUT2D eigenvalue weighted by atomic mass is 79.9. The van der Waals surface area contributed by atoms with Gasteiger partial charge < -0.3 is 4.74 Å². The molecule has 19 heavy (non-hydrogen) atoms. The topological polar surface area (TPSA) is 26.3 Å². The Morgan fingerprint density at radius 3 is 2.53 bits per heavy atom. The summed E-state index contributed by atoms with van der Waals surface area (Å²) >= 11 is 3.39. The molecule has 2 rings (SSSR count). The van der Waals surface area contributed by atoms with Crippen LogP contribution < -0.4 is 4.74 Å². The zero-order valence-corrected chi connectivity index (χ0v) is 11.8. The van der Waals surface area contributed by atoms with Crippen molar-refractivity contribution in [3.63, 3.8) is 0 Å². The monoisotopic (exact) mass is 316 g/mol. The van der Waals surface area contributed by atoms with Crippen LogP contribution in [0.4, 0.5) is 0 Å². The van der Waals surface area contributed by atoms with Crippen LogP contribution in [0.25, 0.3) is 6.08 Å². The van der Waals surface area contributed by atoms with Crippen LogP contribution in [0.1, 0.15) is 15.9 Å². The molecule has 3 heteroatoms. The van der Waals surface area contributed by atoms with Crippen LogP contribution >= 0.6 is 15.9 Å². The van der Waals surface area contributed by atoms with Gasteiger partial charge in [0.15, 0.2) is 6.29 Å². The van der Waals surface area contributed by atoms with E-state index in [2.05, 4.69) is 15.9 Å². The van der Waals surface area contributed by atoms with Gasteiger partial charge in [-0.2, -0.15) is 0 Å². The number of carbonyl (C=O) groups excluding carboxylic acids is 1. The molecule has 0 amide bonds. The zero-order valence-electron chi connectivity index (χ0n) is 10.3. The second-order valence-electron chi connectivity index (χ2n) is 3.92. The smallest absolute Gasteiger partial charge is 0.153 e. The Hall–Kier alpha value is -1.87. The molecule has 96 valence electrons. The minimum atomic E-state index is 0.431. The molecular weight excluding hydrogens is 304 g/mol. The van der Waals surface area contributed by atoms with Crippen LogP contribution in [0.5, 0.6) is 5.75 Å². The van der Waals surface area contributed by atoms with Crippen molar-refractivity contribution in [3.8, 4) is 5.75 Å². The van der Waals surface area contributed by atoms with Crippen molar-refractivity contribution in [2.75, 3.05) is 6.61 Å². The van der Waals surface area contributed by atoms with E-state index in [-0.39, 0.29) is 0 Å². The summed E-state index contributed by atoms with van der Waals surface area (Å²) in [4.78, 5) is 10.8. The number of hydrogen-bond donors (Lipinski definition) is 0. The summed E-state index contributed by atoms with van der Waals surface area (Å²) in [6.07, 6.45) is 4.70. The maximum Gasteiger partial charge on any atom is 0.153 e. The summed E-state index contributed by atoms with van der Waals surface area (Å²) in [6.45, 7) is 0.431. The number of carbonyl (C=O) groups is 1. The second kappa shape index (κ2) is 6.90. The van der Waals surface area contributed by atoms with Gasteiger partial charge >= 0.3 is 0 Å². The molecule has 0 aliphatic carbocycles. The molecule has 2 nitrogen and oxygen atoms in total. The van der Waals surface area contributed by atoms with Gasteiger partial charge in [0, 0.05) is 4.47 Å². The van der Waals surface area contributed by atoms with Crippen LogP contribution in [0.2, 0.25) is 0 Å². The second-order valence-corrected chi connectivity index (χ2v) is 4.84. The van der Waals surface area contributed by atoms with Gasteiger partial charge in [-0.1, -0.05) is 46.3 Å². The van der Waals surface area contributed by atoms with E-state index >= 15 is 0 Å². The zero-order chi connectivity index (χ0) is 13.5. The molecule has 0 aliphatic rings. The number of halogens is 1. The van der Waals surface area contributed by atoms with E-state index in [1.54, 1.807) is 12.1 Å². The predicted octanol–water partition coefficient (Wildman–Crippen LogP) is 4.35. The molecule has 0 heterocycles. The largest absolute Gasteiger partial charge is 0.489 e. The molecule has 0 aromatic heterocycles. The Labute approximate surface area is 120 Å². The molecule has 2 aromatic carbocycles. The molecule has 0 saturated heterocycles. The molecule has 0 unspecified atom stereocenters. The summed E-state index contributed by atoms with van der Waals surface area (Å²) in [5.41, 5.74) is 1.68. The average molecular weight is 317 g/mol. The summed E-state index contributed by atoms with van der Waals surface area (Å²) in [5, 5.41) is 0. The lowest BCUT2D eigenvalue weighted by Crippen LogP contribution is -1.96. The van der Waals surface area contributed by atoms with Gasteiger partial charge in [0.25, 0.3) is 0 Å². The van der Waals surface area contributed by atoms with Crippen molar-refractivity contribution in [1.29, 1.82) is 0 Å². The number of benzene rings is 2. The van der Waals surface area contributed by atoms with E-state index < -0.39 is 0 Å². The number of para-hydroxylation sites is 1. The lowest BCUT2D eigenvalue weighted by molar-refractivity contribution is 0.112. The first-order valence-electron chi connectivity index (χ1n) is 5.89. The molecule has 0 atom stereocenters. The third-order valence-corrected chi connectivity index (χ3v) is 3.09. The highest BCUT2D eigenvalue weighted by molar-refractivity contribution is 9.10.